The van der Waals surface area contributed by atoms with Gasteiger partial charge in [-0.05, 0) is 18.1 Å². The fourth-order valence-corrected chi connectivity index (χ4v) is 2.77. The molecular formula is C16H24Cl2N4OS. The molecule has 2 unspecified atom stereocenters. The molecule has 0 fully saturated rings. The van der Waals surface area contributed by atoms with Crippen LogP contribution in [0.5, 0.6) is 0 Å². The van der Waals surface area contributed by atoms with Crippen molar-refractivity contribution in [2.24, 2.45) is 11.7 Å². The van der Waals surface area contributed by atoms with Crippen molar-refractivity contribution >= 4 is 42.1 Å². The van der Waals surface area contributed by atoms with Gasteiger partial charge in [0.2, 0.25) is 5.91 Å². The summed E-state index contributed by atoms with van der Waals surface area (Å²) in [6.07, 6.45) is 3.36. The number of carbonyl (C=O) groups is 1. The zero-order valence-corrected chi connectivity index (χ0v) is 16.2. The SMILES string of the molecule is CCC(C)C(N)C(=O)NCCc1nc(-c2ccccn2)cs1.Cl.Cl. The van der Waals surface area contributed by atoms with Crippen LogP contribution in [-0.2, 0) is 11.2 Å². The lowest BCUT2D eigenvalue weighted by atomic mass is 9.99. The lowest BCUT2D eigenvalue weighted by Gasteiger charge is -2.17. The molecule has 2 atom stereocenters. The van der Waals surface area contributed by atoms with E-state index in [1.54, 1.807) is 17.5 Å². The molecule has 0 aliphatic rings. The first-order valence-corrected chi connectivity index (χ1v) is 8.39. The van der Waals surface area contributed by atoms with E-state index < -0.39 is 6.04 Å². The third-order valence-electron chi connectivity index (χ3n) is 3.68. The molecule has 0 radical (unpaired) electrons. The highest BCUT2D eigenvalue weighted by molar-refractivity contribution is 7.09. The molecule has 3 N–H and O–H groups in total. The van der Waals surface area contributed by atoms with E-state index >= 15 is 0 Å². The topological polar surface area (TPSA) is 80.9 Å². The van der Waals surface area contributed by atoms with Crippen LogP contribution < -0.4 is 11.1 Å². The van der Waals surface area contributed by atoms with Gasteiger partial charge in [0.05, 0.1) is 22.4 Å². The number of hydrogen-bond acceptors (Lipinski definition) is 5. The van der Waals surface area contributed by atoms with E-state index in [4.69, 9.17) is 5.73 Å². The van der Waals surface area contributed by atoms with Crippen LogP contribution in [0.4, 0.5) is 0 Å². The molecule has 0 saturated carbocycles. The van der Waals surface area contributed by atoms with Crippen molar-refractivity contribution in [2.45, 2.75) is 32.7 Å². The van der Waals surface area contributed by atoms with Gasteiger partial charge in [0.25, 0.3) is 0 Å². The lowest BCUT2D eigenvalue weighted by Crippen LogP contribution is -2.45. The van der Waals surface area contributed by atoms with Crippen LogP contribution in [0.1, 0.15) is 25.3 Å². The minimum atomic E-state index is -0.439. The number of nitrogens with one attached hydrogen (secondary N) is 1. The minimum Gasteiger partial charge on any atom is -0.354 e. The largest absolute Gasteiger partial charge is 0.354 e. The number of thiazole rings is 1. The number of nitrogens with two attached hydrogens (primary N) is 1. The number of carbonyl (C=O) groups excluding carboxylic acids is 1. The second-order valence-corrected chi connectivity index (χ2v) is 6.24. The van der Waals surface area contributed by atoms with Crippen molar-refractivity contribution in [2.75, 3.05) is 6.54 Å². The first-order valence-electron chi connectivity index (χ1n) is 7.51. The summed E-state index contributed by atoms with van der Waals surface area (Å²) in [4.78, 5) is 20.7. The van der Waals surface area contributed by atoms with Crippen molar-refractivity contribution < 1.29 is 4.79 Å². The van der Waals surface area contributed by atoms with Crippen molar-refractivity contribution in [3.63, 3.8) is 0 Å². The highest BCUT2D eigenvalue weighted by atomic mass is 35.5. The molecule has 0 aliphatic heterocycles. The summed E-state index contributed by atoms with van der Waals surface area (Å²) >= 11 is 1.58. The second-order valence-electron chi connectivity index (χ2n) is 5.29. The van der Waals surface area contributed by atoms with Crippen molar-refractivity contribution in [3.8, 4) is 11.4 Å². The van der Waals surface area contributed by atoms with E-state index in [1.165, 1.54) is 0 Å². The Morgan fingerprint density at radius 2 is 2.08 bits per heavy atom. The number of rotatable bonds is 7. The summed E-state index contributed by atoms with van der Waals surface area (Å²) in [6.45, 7) is 4.58. The summed E-state index contributed by atoms with van der Waals surface area (Å²) in [5.41, 5.74) is 7.64. The molecule has 0 spiro atoms. The Kier molecular flexibility index (Phi) is 10.8. The molecule has 134 valence electrons. The quantitative estimate of drug-likeness (QED) is 0.760. The minimum absolute atomic E-state index is 0. The van der Waals surface area contributed by atoms with Gasteiger partial charge >= 0.3 is 0 Å². The Hall–Kier alpha value is -1.21. The highest BCUT2D eigenvalue weighted by Crippen LogP contribution is 2.19. The third kappa shape index (κ3) is 6.36. The van der Waals surface area contributed by atoms with Gasteiger partial charge in [0.1, 0.15) is 0 Å². The van der Waals surface area contributed by atoms with Gasteiger partial charge in [-0.15, -0.1) is 36.2 Å². The normalized spacial score (nSPS) is 12.5. The fraction of sp³-hybridized carbons (Fsp3) is 0.438. The number of halogens is 2. The molecule has 2 rings (SSSR count). The lowest BCUT2D eigenvalue weighted by molar-refractivity contribution is -0.123. The number of hydrogen-bond donors (Lipinski definition) is 2. The highest BCUT2D eigenvalue weighted by Gasteiger charge is 2.18. The Labute approximate surface area is 159 Å². The summed E-state index contributed by atoms with van der Waals surface area (Å²) in [5.74, 6) is 0.103. The molecule has 0 aliphatic carbocycles. The third-order valence-corrected chi connectivity index (χ3v) is 4.59. The molecular weight excluding hydrogens is 367 g/mol. The van der Waals surface area contributed by atoms with E-state index in [1.807, 2.05) is 37.4 Å². The molecule has 2 aromatic rings. The van der Waals surface area contributed by atoms with Crippen LogP contribution in [0.3, 0.4) is 0 Å². The van der Waals surface area contributed by atoms with Gasteiger partial charge in [-0.1, -0.05) is 26.3 Å². The van der Waals surface area contributed by atoms with Gasteiger partial charge < -0.3 is 11.1 Å². The molecule has 2 heterocycles. The summed E-state index contributed by atoms with van der Waals surface area (Å²) in [6, 6.07) is 5.32. The summed E-state index contributed by atoms with van der Waals surface area (Å²) in [7, 11) is 0. The second kappa shape index (κ2) is 11.4. The van der Waals surface area contributed by atoms with E-state index in [-0.39, 0.29) is 36.6 Å². The van der Waals surface area contributed by atoms with Gasteiger partial charge in [0.15, 0.2) is 0 Å². The number of pyridine rings is 1. The average molecular weight is 391 g/mol. The zero-order chi connectivity index (χ0) is 15.9. The van der Waals surface area contributed by atoms with Crippen LogP contribution >= 0.6 is 36.2 Å². The van der Waals surface area contributed by atoms with Gasteiger partial charge in [-0.3, -0.25) is 9.78 Å². The monoisotopic (exact) mass is 390 g/mol. The Morgan fingerprint density at radius 1 is 1.33 bits per heavy atom. The Morgan fingerprint density at radius 3 is 2.71 bits per heavy atom. The number of amides is 1. The van der Waals surface area contributed by atoms with Crippen LogP contribution in [-0.4, -0.2) is 28.5 Å². The molecule has 2 aromatic heterocycles. The maximum atomic E-state index is 11.9. The standard InChI is InChI=1S/C16H22N4OS.2ClH/c1-3-11(2)15(17)16(21)19-9-7-14-20-13(10-22-14)12-6-4-5-8-18-12;;/h4-6,8,10-11,15H,3,7,9,17H2,1-2H3,(H,19,21);2*1H. The van der Waals surface area contributed by atoms with Crippen LogP contribution in [0.15, 0.2) is 29.8 Å². The molecule has 24 heavy (non-hydrogen) atoms. The average Bonchev–Trinajstić information content (AvgIpc) is 3.03. The first-order chi connectivity index (χ1) is 10.6. The zero-order valence-electron chi connectivity index (χ0n) is 13.8. The molecule has 0 aromatic carbocycles. The summed E-state index contributed by atoms with van der Waals surface area (Å²) < 4.78 is 0. The molecule has 0 bridgehead atoms. The maximum absolute atomic E-state index is 11.9. The molecule has 8 heteroatoms. The van der Waals surface area contributed by atoms with E-state index in [0.29, 0.717) is 13.0 Å². The van der Waals surface area contributed by atoms with Gasteiger partial charge in [-0.2, -0.15) is 0 Å². The Balaban J connectivity index is 0.00000264. The predicted octanol–water partition coefficient (Wildman–Crippen LogP) is 3.08. The predicted molar refractivity (Wildman–Crippen MR) is 104 cm³/mol. The van der Waals surface area contributed by atoms with Gasteiger partial charge in [0, 0.05) is 24.5 Å². The Bertz CT molecular complexity index is 609. The molecule has 1 amide bonds. The molecule has 5 nitrogen and oxygen atoms in total. The van der Waals surface area contributed by atoms with E-state index in [2.05, 4.69) is 15.3 Å². The van der Waals surface area contributed by atoms with Crippen LogP contribution in [0.25, 0.3) is 11.4 Å². The maximum Gasteiger partial charge on any atom is 0.237 e. The van der Waals surface area contributed by atoms with E-state index in [0.717, 1.165) is 22.8 Å². The van der Waals surface area contributed by atoms with Crippen LogP contribution in [0, 0.1) is 5.92 Å². The number of nitrogens with zero attached hydrogens (tertiary/aromatic N) is 2. The fourth-order valence-electron chi connectivity index (χ4n) is 1.98. The van der Waals surface area contributed by atoms with E-state index in [9.17, 15) is 4.79 Å². The van der Waals surface area contributed by atoms with Gasteiger partial charge in [-0.25, -0.2) is 4.98 Å². The van der Waals surface area contributed by atoms with Crippen molar-refractivity contribution in [3.05, 3.63) is 34.8 Å². The summed E-state index contributed by atoms with van der Waals surface area (Å²) in [5, 5.41) is 5.86. The first kappa shape index (κ1) is 22.8. The smallest absolute Gasteiger partial charge is 0.237 e. The number of aromatic nitrogens is 2. The van der Waals surface area contributed by atoms with Crippen molar-refractivity contribution in [1.82, 2.24) is 15.3 Å². The van der Waals surface area contributed by atoms with Crippen LogP contribution in [0.2, 0.25) is 0 Å². The molecule has 0 saturated heterocycles. The van der Waals surface area contributed by atoms with Crippen molar-refractivity contribution in [1.29, 1.82) is 0 Å².